The summed E-state index contributed by atoms with van der Waals surface area (Å²) in [4.78, 5) is 0. The van der Waals surface area contributed by atoms with Crippen molar-refractivity contribution in [2.75, 3.05) is 6.54 Å². The summed E-state index contributed by atoms with van der Waals surface area (Å²) in [6.07, 6.45) is -3.81. The Morgan fingerprint density at radius 2 is 1.65 bits per heavy atom. The number of halogens is 4. The van der Waals surface area contributed by atoms with Gasteiger partial charge in [-0.1, -0.05) is 24.3 Å². The molecule has 94 valence electrons. The van der Waals surface area contributed by atoms with Crippen LogP contribution >= 0.6 is 12.4 Å². The lowest BCUT2D eigenvalue weighted by Crippen LogP contribution is -2.30. The fraction of sp³-hybridized carbons (Fsp3) is 0.400. The lowest BCUT2D eigenvalue weighted by molar-refractivity contribution is -0.166. The first-order valence-electron chi connectivity index (χ1n) is 4.80. The minimum Gasteiger partial charge on any atom is -0.330 e. The van der Waals surface area contributed by atoms with Crippen molar-refractivity contribution < 1.29 is 13.2 Å². The summed E-state index contributed by atoms with van der Waals surface area (Å²) in [5, 5.41) is 6.25. The molecule has 2 N–H and O–H groups in total. The van der Waals surface area contributed by atoms with Gasteiger partial charge in [0.05, 0.1) is 0 Å². The van der Waals surface area contributed by atoms with Crippen molar-refractivity contribution in [1.29, 1.82) is 0 Å². The van der Waals surface area contributed by atoms with Gasteiger partial charge in [0.2, 0.25) is 0 Å². The maximum Gasteiger partial charge on any atom is 0.442 e. The van der Waals surface area contributed by atoms with Gasteiger partial charge in [0, 0.05) is 5.56 Å². The van der Waals surface area contributed by atoms with Gasteiger partial charge in [0.25, 0.3) is 0 Å². The van der Waals surface area contributed by atoms with Gasteiger partial charge in [-0.05, 0) is 18.5 Å². The molecule has 3 nitrogen and oxygen atoms in total. The van der Waals surface area contributed by atoms with Gasteiger partial charge in [0.1, 0.15) is 0 Å². The minimum atomic E-state index is -4.46. The summed E-state index contributed by atoms with van der Waals surface area (Å²) in [5.74, 6) is 0. The molecule has 1 aliphatic heterocycles. The van der Waals surface area contributed by atoms with Gasteiger partial charge >= 0.3 is 11.8 Å². The number of hydrogen-bond donors (Lipinski definition) is 1. The standard InChI is InChI=1S/C10H10F3N3.ClH/c11-10(12,13)9(15-16-9)8-3-1-7(2-4-8)5-6-14;/h1-4H,5-6,14H2;1H. The van der Waals surface area contributed by atoms with Crippen LogP contribution in [0.3, 0.4) is 0 Å². The Kier molecular flexibility index (Phi) is 3.78. The van der Waals surface area contributed by atoms with Crippen molar-refractivity contribution >= 4 is 12.4 Å². The smallest absolute Gasteiger partial charge is 0.330 e. The van der Waals surface area contributed by atoms with E-state index in [9.17, 15) is 13.2 Å². The summed E-state index contributed by atoms with van der Waals surface area (Å²) in [7, 11) is 0. The van der Waals surface area contributed by atoms with Gasteiger partial charge in [0.15, 0.2) is 0 Å². The highest BCUT2D eigenvalue weighted by Gasteiger charge is 2.65. The van der Waals surface area contributed by atoms with Crippen LogP contribution in [0.25, 0.3) is 0 Å². The van der Waals surface area contributed by atoms with Gasteiger partial charge in [-0.2, -0.15) is 13.2 Å². The quantitative estimate of drug-likeness (QED) is 0.898. The van der Waals surface area contributed by atoms with Crippen molar-refractivity contribution in [2.45, 2.75) is 18.3 Å². The van der Waals surface area contributed by atoms with Crippen LogP contribution in [0.1, 0.15) is 11.1 Å². The molecule has 0 unspecified atom stereocenters. The van der Waals surface area contributed by atoms with E-state index in [1.165, 1.54) is 12.1 Å². The van der Waals surface area contributed by atoms with Crippen LogP contribution in [0.4, 0.5) is 13.2 Å². The van der Waals surface area contributed by atoms with Gasteiger partial charge < -0.3 is 5.73 Å². The van der Waals surface area contributed by atoms with Crippen LogP contribution in [0.15, 0.2) is 34.5 Å². The van der Waals surface area contributed by atoms with Crippen molar-refractivity contribution in [3.8, 4) is 0 Å². The molecule has 0 radical (unpaired) electrons. The third kappa shape index (κ3) is 2.42. The molecule has 0 aliphatic carbocycles. The second-order valence-corrected chi connectivity index (χ2v) is 3.61. The molecular formula is C10H11ClF3N3. The van der Waals surface area contributed by atoms with E-state index < -0.39 is 11.8 Å². The maximum atomic E-state index is 12.6. The Balaban J connectivity index is 0.00000144. The summed E-state index contributed by atoms with van der Waals surface area (Å²) >= 11 is 0. The summed E-state index contributed by atoms with van der Waals surface area (Å²) < 4.78 is 37.9. The molecule has 0 bridgehead atoms. The summed E-state index contributed by atoms with van der Waals surface area (Å²) in [6, 6.07) is 6.05. The van der Waals surface area contributed by atoms with Crippen LogP contribution in [-0.2, 0) is 12.1 Å². The van der Waals surface area contributed by atoms with Crippen molar-refractivity contribution in [3.63, 3.8) is 0 Å². The highest BCUT2D eigenvalue weighted by molar-refractivity contribution is 5.85. The van der Waals surface area contributed by atoms with Crippen LogP contribution in [0, 0.1) is 0 Å². The van der Waals surface area contributed by atoms with Crippen molar-refractivity contribution in [3.05, 3.63) is 35.4 Å². The molecule has 2 rings (SSSR count). The predicted molar refractivity (Wildman–Crippen MR) is 59.0 cm³/mol. The third-order valence-electron chi connectivity index (χ3n) is 2.48. The Labute approximate surface area is 102 Å². The first kappa shape index (κ1) is 13.9. The molecule has 0 saturated carbocycles. The van der Waals surface area contributed by atoms with E-state index in [0.29, 0.717) is 13.0 Å². The number of benzene rings is 1. The monoisotopic (exact) mass is 265 g/mol. The lowest BCUT2D eigenvalue weighted by Gasteiger charge is -2.14. The van der Waals surface area contributed by atoms with E-state index in [1.54, 1.807) is 12.1 Å². The molecule has 0 atom stereocenters. The van der Waals surface area contributed by atoms with Crippen LogP contribution < -0.4 is 5.73 Å². The zero-order chi connectivity index (χ0) is 11.8. The van der Waals surface area contributed by atoms with Crippen LogP contribution in [0.5, 0.6) is 0 Å². The van der Waals surface area contributed by atoms with Crippen LogP contribution in [-0.4, -0.2) is 12.7 Å². The molecule has 0 aromatic heterocycles. The largest absolute Gasteiger partial charge is 0.442 e. The molecule has 17 heavy (non-hydrogen) atoms. The summed E-state index contributed by atoms with van der Waals surface area (Å²) in [5.41, 5.74) is 4.00. The first-order valence-corrected chi connectivity index (χ1v) is 4.80. The first-order chi connectivity index (χ1) is 7.49. The number of rotatable bonds is 3. The van der Waals surface area contributed by atoms with E-state index >= 15 is 0 Å². The highest BCUT2D eigenvalue weighted by Crippen LogP contribution is 2.52. The normalized spacial score (nSPS) is 16.5. The molecule has 1 aromatic carbocycles. The van der Waals surface area contributed by atoms with Gasteiger partial charge in [-0.25, -0.2) is 0 Å². The second-order valence-electron chi connectivity index (χ2n) is 3.61. The Bertz CT molecular complexity index is 408. The Morgan fingerprint density at radius 3 is 2.00 bits per heavy atom. The van der Waals surface area contributed by atoms with Crippen LogP contribution in [0.2, 0.25) is 0 Å². The fourth-order valence-electron chi connectivity index (χ4n) is 1.51. The van der Waals surface area contributed by atoms with E-state index in [1.807, 2.05) is 0 Å². The molecule has 1 aromatic rings. The number of nitrogens with zero attached hydrogens (tertiary/aromatic N) is 2. The lowest BCUT2D eigenvalue weighted by atomic mass is 10.0. The molecule has 0 saturated heterocycles. The van der Waals surface area contributed by atoms with E-state index in [4.69, 9.17) is 5.73 Å². The molecule has 7 heteroatoms. The Hall–Kier alpha value is -1.14. The number of alkyl halides is 3. The molecule has 1 heterocycles. The maximum absolute atomic E-state index is 12.6. The highest BCUT2D eigenvalue weighted by atomic mass is 35.5. The van der Waals surface area contributed by atoms with Gasteiger partial charge in [-0.3, -0.25) is 0 Å². The molecule has 1 aliphatic rings. The molecule has 0 amide bonds. The number of nitrogens with two attached hydrogens (primary N) is 1. The Morgan fingerprint density at radius 1 is 1.12 bits per heavy atom. The summed E-state index contributed by atoms with van der Waals surface area (Å²) in [6.45, 7) is 0.471. The van der Waals surface area contributed by atoms with E-state index in [0.717, 1.165) is 5.56 Å². The minimum absolute atomic E-state index is 0. The SMILES string of the molecule is Cl.NCCc1ccc(C2(C(F)(F)F)N=N2)cc1. The second kappa shape index (κ2) is 4.62. The van der Waals surface area contributed by atoms with E-state index in [-0.39, 0.29) is 18.0 Å². The molecular weight excluding hydrogens is 255 g/mol. The zero-order valence-corrected chi connectivity index (χ0v) is 9.55. The fourth-order valence-corrected chi connectivity index (χ4v) is 1.51. The predicted octanol–water partition coefficient (Wildman–Crippen LogP) is 2.79. The topological polar surface area (TPSA) is 50.7 Å². The molecule has 0 spiro atoms. The molecule has 0 fully saturated rings. The average Bonchev–Trinajstić information content (AvgIpc) is 2.99. The van der Waals surface area contributed by atoms with E-state index in [2.05, 4.69) is 10.2 Å². The zero-order valence-electron chi connectivity index (χ0n) is 8.74. The number of hydrogen-bond acceptors (Lipinski definition) is 3. The van der Waals surface area contributed by atoms with Gasteiger partial charge in [-0.15, -0.1) is 22.6 Å². The van der Waals surface area contributed by atoms with Crippen molar-refractivity contribution in [2.24, 2.45) is 16.0 Å². The average molecular weight is 266 g/mol. The third-order valence-corrected chi connectivity index (χ3v) is 2.48. The van der Waals surface area contributed by atoms with Crippen molar-refractivity contribution in [1.82, 2.24) is 0 Å².